The number of esters is 1. The number of carbonyl (C=O) groups is 1. The van der Waals surface area contributed by atoms with Crippen molar-refractivity contribution in [3.05, 3.63) is 41.6 Å². The number of hydrogen-bond donors (Lipinski definition) is 1. The minimum atomic E-state index is -1.31. The lowest BCUT2D eigenvalue weighted by molar-refractivity contribution is -0.141. The minimum absolute atomic E-state index is 0.0923. The van der Waals surface area contributed by atoms with Crippen molar-refractivity contribution in [2.75, 3.05) is 6.61 Å². The highest BCUT2D eigenvalue weighted by Crippen LogP contribution is 2.32. The second-order valence-corrected chi connectivity index (χ2v) is 4.38. The SMILES string of the molecule is CCOC(=O)C1=Cc2cc3ncccc3cc2OC1O. The molecule has 0 fully saturated rings. The van der Waals surface area contributed by atoms with Gasteiger partial charge in [0.15, 0.2) is 0 Å². The molecule has 3 rings (SSSR count). The van der Waals surface area contributed by atoms with Gasteiger partial charge in [0.25, 0.3) is 0 Å². The van der Waals surface area contributed by atoms with Crippen LogP contribution in [0.4, 0.5) is 0 Å². The number of carbonyl (C=O) groups excluding carboxylic acids is 1. The molecule has 1 atom stereocenters. The molecule has 1 N–H and O–H groups in total. The topological polar surface area (TPSA) is 68.7 Å². The Labute approximate surface area is 115 Å². The van der Waals surface area contributed by atoms with Crippen LogP contribution in [0.25, 0.3) is 17.0 Å². The second kappa shape index (κ2) is 4.94. The van der Waals surface area contributed by atoms with E-state index in [0.29, 0.717) is 11.3 Å². The van der Waals surface area contributed by atoms with Crippen LogP contribution in [-0.2, 0) is 9.53 Å². The molecule has 2 heterocycles. The van der Waals surface area contributed by atoms with Crippen molar-refractivity contribution >= 4 is 22.9 Å². The van der Waals surface area contributed by atoms with E-state index in [-0.39, 0.29) is 12.2 Å². The lowest BCUT2D eigenvalue weighted by Gasteiger charge is -2.22. The monoisotopic (exact) mass is 271 g/mol. The van der Waals surface area contributed by atoms with Gasteiger partial charge in [-0.1, -0.05) is 6.07 Å². The largest absolute Gasteiger partial charge is 0.462 e. The second-order valence-electron chi connectivity index (χ2n) is 4.38. The van der Waals surface area contributed by atoms with E-state index in [0.717, 1.165) is 10.9 Å². The number of pyridine rings is 1. The van der Waals surface area contributed by atoms with Crippen LogP contribution >= 0.6 is 0 Å². The van der Waals surface area contributed by atoms with Gasteiger partial charge in [0, 0.05) is 17.1 Å². The Morgan fingerprint density at radius 2 is 2.35 bits per heavy atom. The van der Waals surface area contributed by atoms with Gasteiger partial charge in [-0.25, -0.2) is 4.79 Å². The summed E-state index contributed by atoms with van der Waals surface area (Å²) in [5.41, 5.74) is 1.59. The summed E-state index contributed by atoms with van der Waals surface area (Å²) in [6.45, 7) is 1.95. The first kappa shape index (κ1) is 12.6. The molecule has 1 aliphatic rings. The van der Waals surface area contributed by atoms with Crippen molar-refractivity contribution in [2.45, 2.75) is 13.2 Å². The number of aliphatic hydroxyl groups is 1. The predicted octanol–water partition coefficient (Wildman–Crippen LogP) is 1.89. The van der Waals surface area contributed by atoms with Crippen LogP contribution in [0.5, 0.6) is 5.75 Å². The van der Waals surface area contributed by atoms with Crippen LogP contribution in [-0.4, -0.2) is 29.0 Å². The van der Waals surface area contributed by atoms with Crippen LogP contribution in [0.15, 0.2) is 36.0 Å². The van der Waals surface area contributed by atoms with Gasteiger partial charge in [-0.3, -0.25) is 4.98 Å². The van der Waals surface area contributed by atoms with Gasteiger partial charge in [0.2, 0.25) is 6.29 Å². The number of hydrogen-bond acceptors (Lipinski definition) is 5. The van der Waals surface area contributed by atoms with Gasteiger partial charge in [-0.05, 0) is 31.2 Å². The molecule has 0 bridgehead atoms. The molecule has 0 amide bonds. The molecule has 1 aromatic heterocycles. The maximum Gasteiger partial charge on any atom is 0.340 e. The molecule has 0 saturated carbocycles. The number of rotatable bonds is 2. The molecular weight excluding hydrogens is 258 g/mol. The molecule has 5 heteroatoms. The number of ether oxygens (including phenoxy) is 2. The van der Waals surface area contributed by atoms with E-state index in [4.69, 9.17) is 9.47 Å². The lowest BCUT2D eigenvalue weighted by atomic mass is 10.0. The summed E-state index contributed by atoms with van der Waals surface area (Å²) in [6.07, 6.45) is 1.97. The van der Waals surface area contributed by atoms with Crippen molar-refractivity contribution in [1.82, 2.24) is 4.98 Å². The molecule has 1 aliphatic heterocycles. The van der Waals surface area contributed by atoms with Crippen LogP contribution in [0, 0.1) is 0 Å². The van der Waals surface area contributed by atoms with Crippen molar-refractivity contribution in [3.8, 4) is 5.75 Å². The van der Waals surface area contributed by atoms with E-state index < -0.39 is 12.3 Å². The van der Waals surface area contributed by atoms with Gasteiger partial charge in [-0.2, -0.15) is 0 Å². The zero-order chi connectivity index (χ0) is 14.1. The Morgan fingerprint density at radius 1 is 1.50 bits per heavy atom. The van der Waals surface area contributed by atoms with Gasteiger partial charge in [0.1, 0.15) is 11.3 Å². The van der Waals surface area contributed by atoms with Gasteiger partial charge in [0.05, 0.1) is 12.1 Å². The van der Waals surface area contributed by atoms with Crippen LogP contribution in [0.3, 0.4) is 0 Å². The highest BCUT2D eigenvalue weighted by atomic mass is 16.6. The van der Waals surface area contributed by atoms with Gasteiger partial charge >= 0.3 is 5.97 Å². The zero-order valence-corrected chi connectivity index (χ0v) is 10.9. The van der Waals surface area contributed by atoms with E-state index in [1.54, 1.807) is 25.3 Å². The van der Waals surface area contributed by atoms with Crippen LogP contribution in [0.1, 0.15) is 12.5 Å². The predicted molar refractivity (Wildman–Crippen MR) is 73.0 cm³/mol. The Morgan fingerprint density at radius 3 is 3.15 bits per heavy atom. The van der Waals surface area contributed by atoms with Crippen molar-refractivity contribution in [1.29, 1.82) is 0 Å². The Hall–Kier alpha value is -2.40. The van der Waals surface area contributed by atoms with E-state index in [1.165, 1.54) is 0 Å². The number of aromatic nitrogens is 1. The maximum absolute atomic E-state index is 11.7. The van der Waals surface area contributed by atoms with E-state index in [1.807, 2.05) is 18.2 Å². The average molecular weight is 271 g/mol. The first-order chi connectivity index (χ1) is 9.69. The van der Waals surface area contributed by atoms with Crippen molar-refractivity contribution < 1.29 is 19.4 Å². The van der Waals surface area contributed by atoms with Gasteiger partial charge in [-0.15, -0.1) is 0 Å². The fourth-order valence-electron chi connectivity index (χ4n) is 2.13. The van der Waals surface area contributed by atoms with Crippen LogP contribution < -0.4 is 4.74 Å². The zero-order valence-electron chi connectivity index (χ0n) is 10.9. The highest BCUT2D eigenvalue weighted by Gasteiger charge is 2.27. The first-order valence-electron chi connectivity index (χ1n) is 6.31. The molecular formula is C15H13NO4. The molecule has 1 aromatic carbocycles. The van der Waals surface area contributed by atoms with Crippen molar-refractivity contribution in [3.63, 3.8) is 0 Å². The summed E-state index contributed by atoms with van der Waals surface area (Å²) in [7, 11) is 0. The highest BCUT2D eigenvalue weighted by molar-refractivity contribution is 5.97. The molecule has 0 radical (unpaired) electrons. The third-order valence-electron chi connectivity index (χ3n) is 3.06. The molecule has 20 heavy (non-hydrogen) atoms. The molecule has 2 aromatic rings. The summed E-state index contributed by atoms with van der Waals surface area (Å²) in [4.78, 5) is 16.0. The van der Waals surface area contributed by atoms with E-state index >= 15 is 0 Å². The lowest BCUT2D eigenvalue weighted by Crippen LogP contribution is -2.28. The Bertz CT molecular complexity index is 708. The Kier molecular flexibility index (Phi) is 3.12. The average Bonchev–Trinajstić information content (AvgIpc) is 2.44. The molecule has 102 valence electrons. The summed E-state index contributed by atoms with van der Waals surface area (Å²) in [5, 5.41) is 10.8. The van der Waals surface area contributed by atoms with Crippen LogP contribution in [0.2, 0.25) is 0 Å². The molecule has 5 nitrogen and oxygen atoms in total. The maximum atomic E-state index is 11.7. The quantitative estimate of drug-likeness (QED) is 0.845. The van der Waals surface area contributed by atoms with E-state index in [9.17, 15) is 9.90 Å². The molecule has 0 spiro atoms. The minimum Gasteiger partial charge on any atom is -0.462 e. The summed E-state index contributed by atoms with van der Waals surface area (Å²) >= 11 is 0. The van der Waals surface area contributed by atoms with Gasteiger partial charge < -0.3 is 14.6 Å². The number of nitrogens with zero attached hydrogens (tertiary/aromatic N) is 1. The number of benzene rings is 1. The summed E-state index contributed by atoms with van der Waals surface area (Å²) < 4.78 is 10.3. The third-order valence-corrected chi connectivity index (χ3v) is 3.06. The first-order valence-corrected chi connectivity index (χ1v) is 6.31. The smallest absolute Gasteiger partial charge is 0.340 e. The molecule has 1 unspecified atom stereocenters. The fourth-order valence-corrected chi connectivity index (χ4v) is 2.13. The molecule has 0 aliphatic carbocycles. The van der Waals surface area contributed by atoms with Crippen molar-refractivity contribution in [2.24, 2.45) is 0 Å². The third kappa shape index (κ3) is 2.12. The number of fused-ring (bicyclic) bond motifs is 2. The van der Waals surface area contributed by atoms with E-state index in [2.05, 4.69) is 4.98 Å². The standard InChI is InChI=1S/C15H13NO4/c1-2-19-14(17)11-6-10-7-12-9(4-3-5-16-12)8-13(10)20-15(11)18/h3-8,15,18H,2H2,1H3. The summed E-state index contributed by atoms with van der Waals surface area (Å²) in [5.74, 6) is -0.0576. The Balaban J connectivity index is 2.09. The number of aliphatic hydroxyl groups excluding tert-OH is 1. The normalized spacial score (nSPS) is 17.1. The summed E-state index contributed by atoms with van der Waals surface area (Å²) in [6, 6.07) is 7.34. The fraction of sp³-hybridized carbons (Fsp3) is 0.200. The molecule has 0 saturated heterocycles.